The smallest absolute Gasteiger partial charge is 0.338 e. The molecule has 0 amide bonds. The van der Waals surface area contributed by atoms with Crippen molar-refractivity contribution in [3.63, 3.8) is 0 Å². The van der Waals surface area contributed by atoms with Crippen LogP contribution in [0, 0.1) is 11.6 Å². The van der Waals surface area contributed by atoms with Gasteiger partial charge in [0, 0.05) is 11.4 Å². The van der Waals surface area contributed by atoms with Gasteiger partial charge in [0.05, 0.1) is 17.7 Å². The number of ether oxygens (including phenoxy) is 1. The van der Waals surface area contributed by atoms with Gasteiger partial charge in [-0.15, -0.1) is 0 Å². The molecule has 0 aromatic heterocycles. The number of benzene rings is 2. The van der Waals surface area contributed by atoms with Crippen molar-refractivity contribution in [2.45, 2.75) is 32.9 Å². The van der Waals surface area contributed by atoms with E-state index in [-0.39, 0.29) is 11.9 Å². The number of hydrogen-bond donors (Lipinski definition) is 1. The van der Waals surface area contributed by atoms with E-state index in [4.69, 9.17) is 17.0 Å². The van der Waals surface area contributed by atoms with Crippen molar-refractivity contribution in [3.05, 3.63) is 77.0 Å². The van der Waals surface area contributed by atoms with Gasteiger partial charge in [-0.1, -0.05) is 12.1 Å². The molecule has 1 heterocycles. The van der Waals surface area contributed by atoms with Crippen LogP contribution in [-0.4, -0.2) is 17.2 Å². The number of carbonyl (C=O) groups is 1. The molecule has 2 aromatic carbocycles. The lowest BCUT2D eigenvalue weighted by Crippen LogP contribution is -2.48. The lowest BCUT2D eigenvalue weighted by molar-refractivity contribution is -0.143. The molecule has 28 heavy (non-hydrogen) atoms. The molecule has 0 radical (unpaired) electrons. The zero-order valence-electron chi connectivity index (χ0n) is 15.7. The summed E-state index contributed by atoms with van der Waals surface area (Å²) < 4.78 is 32.5. The zero-order chi connectivity index (χ0) is 20.4. The lowest BCUT2D eigenvalue weighted by Gasteiger charge is -2.37. The second kappa shape index (κ2) is 8.06. The molecule has 1 aliphatic rings. The van der Waals surface area contributed by atoms with Crippen molar-refractivity contribution >= 4 is 29.0 Å². The van der Waals surface area contributed by atoms with Gasteiger partial charge in [0.2, 0.25) is 0 Å². The van der Waals surface area contributed by atoms with Crippen molar-refractivity contribution in [2.75, 3.05) is 4.90 Å². The number of anilines is 1. The van der Waals surface area contributed by atoms with Gasteiger partial charge < -0.3 is 10.1 Å². The van der Waals surface area contributed by atoms with E-state index >= 15 is 0 Å². The molecular formula is C21H20F2N2O2S. The number of halogens is 2. The van der Waals surface area contributed by atoms with Gasteiger partial charge in [0.1, 0.15) is 11.6 Å². The highest BCUT2D eigenvalue weighted by molar-refractivity contribution is 7.80. The summed E-state index contributed by atoms with van der Waals surface area (Å²) in [5.41, 5.74) is 2.01. The maximum Gasteiger partial charge on any atom is 0.338 e. The van der Waals surface area contributed by atoms with Crippen molar-refractivity contribution in [1.82, 2.24) is 5.32 Å². The molecular weight excluding hydrogens is 382 g/mol. The first-order valence-corrected chi connectivity index (χ1v) is 9.22. The molecule has 0 aliphatic carbocycles. The van der Waals surface area contributed by atoms with E-state index in [0.29, 0.717) is 27.6 Å². The second-order valence-electron chi connectivity index (χ2n) is 6.70. The Morgan fingerprint density at radius 3 is 2.43 bits per heavy atom. The largest absolute Gasteiger partial charge is 0.459 e. The van der Waals surface area contributed by atoms with Gasteiger partial charge in [-0.25, -0.2) is 13.6 Å². The normalized spacial score (nSPS) is 17.0. The van der Waals surface area contributed by atoms with E-state index in [1.54, 1.807) is 49.9 Å². The Labute approximate surface area is 167 Å². The van der Waals surface area contributed by atoms with Crippen LogP contribution >= 0.6 is 12.2 Å². The first kappa shape index (κ1) is 19.9. The molecule has 0 bridgehead atoms. The third-order valence-electron chi connectivity index (χ3n) is 4.31. The summed E-state index contributed by atoms with van der Waals surface area (Å²) in [7, 11) is 0. The number of esters is 1. The summed E-state index contributed by atoms with van der Waals surface area (Å²) in [5.74, 6) is -1.32. The average Bonchev–Trinajstić information content (AvgIpc) is 2.62. The van der Waals surface area contributed by atoms with Gasteiger partial charge in [0.25, 0.3) is 0 Å². The van der Waals surface area contributed by atoms with Crippen LogP contribution in [0.15, 0.2) is 59.8 Å². The average molecular weight is 402 g/mol. The van der Waals surface area contributed by atoms with Crippen LogP contribution in [-0.2, 0) is 9.53 Å². The minimum atomic E-state index is -0.661. The number of nitrogens with zero attached hydrogens (tertiary/aromatic N) is 1. The molecule has 0 saturated heterocycles. The van der Waals surface area contributed by atoms with E-state index in [9.17, 15) is 13.6 Å². The molecule has 0 spiro atoms. The van der Waals surface area contributed by atoms with Gasteiger partial charge in [-0.3, -0.25) is 4.90 Å². The summed E-state index contributed by atoms with van der Waals surface area (Å²) in [6.07, 6.45) is -0.325. The monoisotopic (exact) mass is 402 g/mol. The first-order chi connectivity index (χ1) is 13.3. The van der Waals surface area contributed by atoms with E-state index in [0.717, 1.165) is 0 Å². The highest BCUT2D eigenvalue weighted by Gasteiger charge is 2.35. The van der Waals surface area contributed by atoms with Crippen LogP contribution in [0.25, 0.3) is 0 Å². The SMILES string of the molecule is CC1=C(C(=O)OC(C)C)[C@H](c2cccc(F)c2)NC(=S)N1c1ccc(F)cc1. The van der Waals surface area contributed by atoms with Crippen molar-refractivity contribution in [3.8, 4) is 0 Å². The molecule has 0 fully saturated rings. The number of rotatable bonds is 4. The Hall–Kier alpha value is -2.80. The topological polar surface area (TPSA) is 41.6 Å². The maximum absolute atomic E-state index is 13.8. The molecule has 0 unspecified atom stereocenters. The van der Waals surface area contributed by atoms with Crippen molar-refractivity contribution in [2.24, 2.45) is 0 Å². The number of allylic oxidation sites excluding steroid dienone is 1. The van der Waals surface area contributed by atoms with Gasteiger partial charge in [0.15, 0.2) is 5.11 Å². The zero-order valence-corrected chi connectivity index (χ0v) is 16.5. The summed E-state index contributed by atoms with van der Waals surface area (Å²) in [6.45, 7) is 5.24. The molecule has 3 rings (SSSR count). The Bertz CT molecular complexity index is 942. The van der Waals surface area contributed by atoms with Crippen LogP contribution in [0.2, 0.25) is 0 Å². The first-order valence-electron chi connectivity index (χ1n) is 8.81. The Kier molecular flexibility index (Phi) is 5.74. The summed E-state index contributed by atoms with van der Waals surface area (Å²) >= 11 is 5.50. The molecule has 1 atom stereocenters. The molecule has 7 heteroatoms. The molecule has 4 nitrogen and oxygen atoms in total. The third kappa shape index (κ3) is 4.04. The fourth-order valence-corrected chi connectivity index (χ4v) is 3.48. The van der Waals surface area contributed by atoms with Crippen LogP contribution in [0.1, 0.15) is 32.4 Å². The minimum absolute atomic E-state index is 0.317. The summed E-state index contributed by atoms with van der Waals surface area (Å²) in [5, 5.41) is 3.41. The highest BCUT2D eigenvalue weighted by atomic mass is 32.1. The number of carbonyl (C=O) groups excluding carboxylic acids is 1. The standard InChI is InChI=1S/C21H20F2N2O2S/c1-12(2)27-20(26)18-13(3)25(17-9-7-15(22)8-10-17)21(28)24-19(18)14-5-4-6-16(23)11-14/h4-12,19H,1-3H3,(H,24,28)/t19-/m0/s1. The van der Waals surface area contributed by atoms with Crippen LogP contribution in [0.5, 0.6) is 0 Å². The lowest BCUT2D eigenvalue weighted by atomic mass is 9.94. The molecule has 146 valence electrons. The highest BCUT2D eigenvalue weighted by Crippen LogP contribution is 2.34. The molecule has 0 saturated carbocycles. The van der Waals surface area contributed by atoms with E-state index in [2.05, 4.69) is 5.32 Å². The third-order valence-corrected chi connectivity index (χ3v) is 4.61. The van der Waals surface area contributed by atoms with E-state index in [1.165, 1.54) is 24.3 Å². The van der Waals surface area contributed by atoms with Gasteiger partial charge in [-0.2, -0.15) is 0 Å². The van der Waals surface area contributed by atoms with Crippen molar-refractivity contribution in [1.29, 1.82) is 0 Å². The fourth-order valence-electron chi connectivity index (χ4n) is 3.12. The Morgan fingerprint density at radius 1 is 1.14 bits per heavy atom. The number of nitrogens with one attached hydrogen (secondary N) is 1. The minimum Gasteiger partial charge on any atom is -0.459 e. The fraction of sp³-hybridized carbons (Fsp3) is 0.238. The summed E-state index contributed by atoms with van der Waals surface area (Å²) in [4.78, 5) is 14.5. The summed E-state index contributed by atoms with van der Waals surface area (Å²) in [6, 6.07) is 11.1. The molecule has 1 N–H and O–H groups in total. The Balaban J connectivity index is 2.13. The maximum atomic E-state index is 13.8. The molecule has 2 aromatic rings. The van der Waals surface area contributed by atoms with Gasteiger partial charge >= 0.3 is 5.97 Å². The van der Waals surface area contributed by atoms with E-state index in [1.807, 2.05) is 0 Å². The predicted molar refractivity (Wildman–Crippen MR) is 108 cm³/mol. The Morgan fingerprint density at radius 2 is 1.82 bits per heavy atom. The second-order valence-corrected chi connectivity index (χ2v) is 7.09. The predicted octanol–water partition coefficient (Wildman–Crippen LogP) is 4.63. The number of thiocarbonyl (C=S) groups is 1. The van der Waals surface area contributed by atoms with Gasteiger partial charge in [-0.05, 0) is 75.0 Å². The van der Waals surface area contributed by atoms with E-state index < -0.39 is 17.8 Å². The van der Waals surface area contributed by atoms with Crippen LogP contribution in [0.4, 0.5) is 14.5 Å². The van der Waals surface area contributed by atoms with Crippen LogP contribution in [0.3, 0.4) is 0 Å². The van der Waals surface area contributed by atoms with Crippen LogP contribution < -0.4 is 10.2 Å². The quantitative estimate of drug-likeness (QED) is 0.597. The number of hydrogen-bond acceptors (Lipinski definition) is 3. The molecule has 1 aliphatic heterocycles. The van der Waals surface area contributed by atoms with Crippen molar-refractivity contribution < 1.29 is 18.3 Å².